The number of ether oxygens (including phenoxy) is 1. The van der Waals surface area contributed by atoms with Crippen LogP contribution in [0.3, 0.4) is 0 Å². The van der Waals surface area contributed by atoms with Crippen molar-refractivity contribution in [3.63, 3.8) is 0 Å². The zero-order valence-electron chi connectivity index (χ0n) is 9.28. The molecule has 0 radical (unpaired) electrons. The van der Waals surface area contributed by atoms with Gasteiger partial charge in [0, 0.05) is 6.20 Å². The van der Waals surface area contributed by atoms with Crippen LogP contribution in [0.4, 0.5) is 0 Å². The Bertz CT molecular complexity index is 366. The highest BCUT2D eigenvalue weighted by molar-refractivity contribution is 7.80. The van der Waals surface area contributed by atoms with Crippen molar-refractivity contribution in [1.29, 1.82) is 0 Å². The molecule has 0 saturated carbocycles. The summed E-state index contributed by atoms with van der Waals surface area (Å²) in [5.74, 6) is 0.539. The molecule has 0 fully saturated rings. The van der Waals surface area contributed by atoms with Gasteiger partial charge in [0.15, 0.2) is 0 Å². The molecule has 3 nitrogen and oxygen atoms in total. The van der Waals surface area contributed by atoms with Crippen LogP contribution in [0.5, 0.6) is 5.88 Å². The number of pyridine rings is 1. The molecule has 1 rings (SSSR count). The monoisotopic (exact) mass is 224 g/mol. The molecule has 0 aliphatic rings. The first-order valence-electron chi connectivity index (χ1n) is 4.98. The fraction of sp³-hybridized carbons (Fsp3) is 0.455. The van der Waals surface area contributed by atoms with E-state index in [1.54, 1.807) is 6.20 Å². The summed E-state index contributed by atoms with van der Waals surface area (Å²) in [5.41, 5.74) is 7.38. The number of hydrogen-bond donors (Lipinski definition) is 1. The minimum absolute atomic E-state index is 0.118. The maximum Gasteiger partial charge on any atom is 0.224 e. The van der Waals surface area contributed by atoms with Gasteiger partial charge in [0.2, 0.25) is 5.88 Å². The minimum atomic E-state index is 0.118. The van der Waals surface area contributed by atoms with E-state index in [4.69, 9.17) is 22.7 Å². The van der Waals surface area contributed by atoms with Gasteiger partial charge in [-0.15, -0.1) is 0 Å². The van der Waals surface area contributed by atoms with Crippen molar-refractivity contribution in [2.24, 2.45) is 5.73 Å². The Labute approximate surface area is 95.7 Å². The lowest BCUT2D eigenvalue weighted by atomic mass is 10.1. The van der Waals surface area contributed by atoms with Crippen LogP contribution in [0.1, 0.15) is 31.4 Å². The summed E-state index contributed by atoms with van der Waals surface area (Å²) in [6, 6.07) is 1.87. The molecule has 0 amide bonds. The van der Waals surface area contributed by atoms with Gasteiger partial charge in [-0.25, -0.2) is 4.98 Å². The van der Waals surface area contributed by atoms with Crippen molar-refractivity contribution in [2.45, 2.75) is 33.3 Å². The Kier molecular flexibility index (Phi) is 4.03. The first kappa shape index (κ1) is 11.9. The van der Waals surface area contributed by atoms with Gasteiger partial charge < -0.3 is 10.5 Å². The zero-order chi connectivity index (χ0) is 11.4. The summed E-state index contributed by atoms with van der Waals surface area (Å²) in [6.07, 6.45) is 2.74. The fourth-order valence-electron chi connectivity index (χ4n) is 1.20. The van der Waals surface area contributed by atoms with Crippen molar-refractivity contribution < 1.29 is 4.74 Å². The first-order valence-corrected chi connectivity index (χ1v) is 5.39. The second-order valence-electron chi connectivity index (χ2n) is 3.51. The highest BCUT2D eigenvalue weighted by Crippen LogP contribution is 2.20. The summed E-state index contributed by atoms with van der Waals surface area (Å²) >= 11 is 4.98. The number of aryl methyl sites for hydroxylation is 1. The van der Waals surface area contributed by atoms with Gasteiger partial charge in [0.25, 0.3) is 0 Å². The van der Waals surface area contributed by atoms with Crippen LogP contribution < -0.4 is 10.5 Å². The summed E-state index contributed by atoms with van der Waals surface area (Å²) in [6.45, 7) is 5.99. The Morgan fingerprint density at radius 2 is 2.33 bits per heavy atom. The largest absolute Gasteiger partial charge is 0.474 e. The van der Waals surface area contributed by atoms with Gasteiger partial charge in [-0.05, 0) is 31.9 Å². The predicted octanol–water partition coefficient (Wildman–Crippen LogP) is 2.20. The Morgan fingerprint density at radius 1 is 1.67 bits per heavy atom. The normalized spacial score (nSPS) is 12.2. The van der Waals surface area contributed by atoms with Crippen molar-refractivity contribution in [3.05, 3.63) is 23.4 Å². The molecule has 0 spiro atoms. The summed E-state index contributed by atoms with van der Waals surface area (Å²) < 4.78 is 5.66. The van der Waals surface area contributed by atoms with Gasteiger partial charge in [-0.2, -0.15) is 0 Å². The van der Waals surface area contributed by atoms with Crippen LogP contribution in [0.25, 0.3) is 0 Å². The van der Waals surface area contributed by atoms with Crippen molar-refractivity contribution in [1.82, 2.24) is 4.98 Å². The molecule has 15 heavy (non-hydrogen) atoms. The number of rotatable bonds is 4. The summed E-state index contributed by atoms with van der Waals surface area (Å²) in [4.78, 5) is 4.49. The van der Waals surface area contributed by atoms with Crippen molar-refractivity contribution >= 4 is 17.2 Å². The maximum atomic E-state index is 5.66. The van der Waals surface area contributed by atoms with Crippen molar-refractivity contribution in [2.75, 3.05) is 0 Å². The zero-order valence-corrected chi connectivity index (χ0v) is 10.1. The molecule has 1 unspecified atom stereocenters. The molecule has 4 heteroatoms. The van der Waals surface area contributed by atoms with Crippen LogP contribution in [0.2, 0.25) is 0 Å². The number of thiocarbonyl (C=S) groups is 1. The Hall–Kier alpha value is -1.16. The SMILES string of the molecule is CCC(C)Oc1nccc(C)c1C(N)=S. The van der Waals surface area contributed by atoms with Gasteiger partial charge in [-0.3, -0.25) is 0 Å². The Morgan fingerprint density at radius 3 is 2.87 bits per heavy atom. The van der Waals surface area contributed by atoms with Crippen LogP contribution in [-0.4, -0.2) is 16.1 Å². The topological polar surface area (TPSA) is 48.1 Å². The van der Waals surface area contributed by atoms with Gasteiger partial charge in [-0.1, -0.05) is 19.1 Å². The van der Waals surface area contributed by atoms with Crippen LogP contribution in [-0.2, 0) is 0 Å². The molecule has 0 aliphatic heterocycles. The third-order valence-electron chi connectivity index (χ3n) is 2.26. The molecule has 1 atom stereocenters. The van der Waals surface area contributed by atoms with E-state index in [0.29, 0.717) is 10.9 Å². The molecule has 0 aliphatic carbocycles. The van der Waals surface area contributed by atoms with Crippen LogP contribution in [0.15, 0.2) is 12.3 Å². The highest BCUT2D eigenvalue weighted by Gasteiger charge is 2.12. The quantitative estimate of drug-likeness (QED) is 0.796. The van der Waals surface area contributed by atoms with Crippen LogP contribution >= 0.6 is 12.2 Å². The lowest BCUT2D eigenvalue weighted by Gasteiger charge is -2.15. The van der Waals surface area contributed by atoms with Gasteiger partial charge in [0.05, 0.1) is 11.7 Å². The van der Waals surface area contributed by atoms with E-state index >= 15 is 0 Å². The molecule has 0 aromatic carbocycles. The number of nitrogens with zero attached hydrogens (tertiary/aromatic N) is 1. The van der Waals surface area contributed by atoms with E-state index in [1.807, 2.05) is 19.9 Å². The maximum absolute atomic E-state index is 5.66. The first-order chi connectivity index (χ1) is 7.06. The van der Waals surface area contributed by atoms with Crippen molar-refractivity contribution in [3.8, 4) is 5.88 Å². The predicted molar refractivity (Wildman–Crippen MR) is 65.2 cm³/mol. The summed E-state index contributed by atoms with van der Waals surface area (Å²) in [7, 11) is 0. The highest BCUT2D eigenvalue weighted by atomic mass is 32.1. The third kappa shape index (κ3) is 2.89. The lowest BCUT2D eigenvalue weighted by molar-refractivity contribution is 0.208. The molecule has 0 saturated heterocycles. The fourth-order valence-corrected chi connectivity index (χ4v) is 1.44. The van der Waals surface area contributed by atoms with E-state index in [1.165, 1.54) is 0 Å². The molecular weight excluding hydrogens is 208 g/mol. The average molecular weight is 224 g/mol. The molecule has 82 valence electrons. The third-order valence-corrected chi connectivity index (χ3v) is 2.46. The molecule has 1 aromatic heterocycles. The number of hydrogen-bond acceptors (Lipinski definition) is 3. The smallest absolute Gasteiger partial charge is 0.224 e. The second kappa shape index (κ2) is 5.07. The number of nitrogens with two attached hydrogens (primary N) is 1. The van der Waals surface area contributed by atoms with E-state index in [2.05, 4.69) is 11.9 Å². The molecular formula is C11H16N2OS. The van der Waals surface area contributed by atoms with Gasteiger partial charge in [0.1, 0.15) is 4.99 Å². The van der Waals surface area contributed by atoms with E-state index in [0.717, 1.165) is 17.5 Å². The van der Waals surface area contributed by atoms with E-state index in [-0.39, 0.29) is 6.10 Å². The number of aromatic nitrogens is 1. The molecule has 1 heterocycles. The summed E-state index contributed by atoms with van der Waals surface area (Å²) in [5, 5.41) is 0. The second-order valence-corrected chi connectivity index (χ2v) is 3.95. The van der Waals surface area contributed by atoms with Crippen LogP contribution in [0, 0.1) is 6.92 Å². The standard InChI is InChI=1S/C11H16N2OS/c1-4-8(3)14-11-9(10(12)15)7(2)5-6-13-11/h5-6,8H,4H2,1-3H3,(H2,12,15). The minimum Gasteiger partial charge on any atom is -0.474 e. The average Bonchev–Trinajstić information content (AvgIpc) is 2.17. The molecule has 1 aromatic rings. The lowest BCUT2D eigenvalue weighted by Crippen LogP contribution is -2.18. The Balaban J connectivity index is 3.06. The van der Waals surface area contributed by atoms with E-state index < -0.39 is 0 Å². The molecule has 0 bridgehead atoms. The molecule has 2 N–H and O–H groups in total. The van der Waals surface area contributed by atoms with Gasteiger partial charge >= 0.3 is 0 Å². The van der Waals surface area contributed by atoms with E-state index in [9.17, 15) is 0 Å².